The molecule has 0 bridgehead atoms. The second kappa shape index (κ2) is 18.8. The van der Waals surface area contributed by atoms with E-state index in [4.69, 9.17) is 28.9 Å². The van der Waals surface area contributed by atoms with Crippen molar-refractivity contribution in [2.24, 2.45) is 5.73 Å². The number of hydrogen-bond acceptors (Lipinski definition) is 2. The summed E-state index contributed by atoms with van der Waals surface area (Å²) in [5.41, 5.74) is 6.00. The van der Waals surface area contributed by atoms with Crippen LogP contribution >= 0.6 is 23.2 Å². The maximum Gasteiger partial charge on any atom is 0.0936 e. The van der Waals surface area contributed by atoms with Gasteiger partial charge in [-0.25, -0.2) is 0 Å². The van der Waals surface area contributed by atoms with E-state index in [0.717, 1.165) is 12.8 Å². The van der Waals surface area contributed by atoms with Crippen LogP contribution in [0.5, 0.6) is 0 Å². The van der Waals surface area contributed by atoms with Crippen molar-refractivity contribution >= 4 is 23.2 Å². The van der Waals surface area contributed by atoms with Gasteiger partial charge in [0.2, 0.25) is 0 Å². The molecule has 0 spiro atoms. The van der Waals surface area contributed by atoms with Crippen molar-refractivity contribution in [3.05, 3.63) is 0 Å². The molecule has 0 saturated carbocycles. The van der Waals surface area contributed by atoms with Crippen molar-refractivity contribution in [3.8, 4) is 0 Å². The van der Waals surface area contributed by atoms with Crippen LogP contribution in [0.15, 0.2) is 0 Å². The Morgan fingerprint density at radius 2 is 1.08 bits per heavy atom. The molecule has 0 saturated heterocycles. The van der Waals surface area contributed by atoms with E-state index < -0.39 is 11.1 Å². The van der Waals surface area contributed by atoms with E-state index in [1.807, 2.05) is 0 Å². The lowest BCUT2D eigenvalue weighted by Crippen LogP contribution is -2.37. The van der Waals surface area contributed by atoms with E-state index in [2.05, 4.69) is 6.92 Å². The number of aliphatic hydroxyl groups is 1. The molecule has 0 aliphatic heterocycles. The van der Waals surface area contributed by atoms with Gasteiger partial charge in [-0.2, -0.15) is 0 Å². The van der Waals surface area contributed by atoms with Crippen molar-refractivity contribution in [1.29, 1.82) is 0 Å². The molecule has 0 heterocycles. The molecule has 0 radical (unpaired) electrons. The molecule has 0 aromatic heterocycles. The number of aliphatic hydroxyl groups excluding tert-OH is 1. The minimum Gasteiger partial charge on any atom is -0.392 e. The van der Waals surface area contributed by atoms with E-state index in [-0.39, 0.29) is 5.88 Å². The van der Waals surface area contributed by atoms with E-state index in [9.17, 15) is 5.11 Å². The molecular formula is C22H45Cl2NO. The van der Waals surface area contributed by atoms with E-state index in [0.29, 0.717) is 6.42 Å². The first-order valence-electron chi connectivity index (χ1n) is 11.2. The molecule has 0 fully saturated rings. The van der Waals surface area contributed by atoms with Crippen molar-refractivity contribution in [2.75, 3.05) is 5.88 Å². The number of nitrogens with two attached hydrogens (primary N) is 1. The van der Waals surface area contributed by atoms with Crippen LogP contribution in [-0.4, -0.2) is 22.1 Å². The molecule has 0 amide bonds. The number of unbranched alkanes of at least 4 members (excludes halogenated alkanes) is 15. The third-order valence-corrected chi connectivity index (χ3v) is 5.90. The molecule has 2 atom stereocenters. The first kappa shape index (κ1) is 26.5. The summed E-state index contributed by atoms with van der Waals surface area (Å²) in [6, 6.07) is 0. The van der Waals surface area contributed by atoms with Gasteiger partial charge in [0.05, 0.1) is 11.1 Å². The van der Waals surface area contributed by atoms with Gasteiger partial charge in [-0.1, -0.05) is 110 Å². The minimum absolute atomic E-state index is 0.199. The van der Waals surface area contributed by atoms with Crippen molar-refractivity contribution < 1.29 is 5.11 Å². The van der Waals surface area contributed by atoms with Gasteiger partial charge < -0.3 is 10.8 Å². The van der Waals surface area contributed by atoms with Gasteiger partial charge in [0.15, 0.2) is 0 Å². The lowest BCUT2D eigenvalue weighted by molar-refractivity contribution is 0.168. The monoisotopic (exact) mass is 409 g/mol. The van der Waals surface area contributed by atoms with Crippen LogP contribution in [0.1, 0.15) is 122 Å². The summed E-state index contributed by atoms with van der Waals surface area (Å²) < 4.78 is 0. The normalized spacial score (nSPS) is 15.1. The van der Waals surface area contributed by atoms with Gasteiger partial charge in [-0.3, -0.25) is 0 Å². The fraction of sp³-hybridized carbons (Fsp3) is 1.00. The maximum atomic E-state index is 9.53. The molecule has 0 aromatic carbocycles. The molecule has 0 aromatic rings. The molecule has 4 heteroatoms. The third kappa shape index (κ3) is 19.3. The second-order valence-corrected chi connectivity index (χ2v) is 9.16. The highest BCUT2D eigenvalue weighted by Gasteiger charge is 2.24. The predicted octanol–water partition coefficient (Wildman–Crippen LogP) is 7.52. The molecule has 0 aliphatic rings. The Kier molecular flexibility index (Phi) is 19.2. The zero-order chi connectivity index (χ0) is 19.5. The molecule has 3 N–H and O–H groups in total. The van der Waals surface area contributed by atoms with Crippen LogP contribution < -0.4 is 5.73 Å². The Morgan fingerprint density at radius 3 is 1.42 bits per heavy atom. The van der Waals surface area contributed by atoms with Crippen molar-refractivity contribution in [3.63, 3.8) is 0 Å². The molecule has 2 nitrogen and oxygen atoms in total. The van der Waals surface area contributed by atoms with Gasteiger partial charge >= 0.3 is 0 Å². The molecular weight excluding hydrogens is 365 g/mol. The zero-order valence-electron chi connectivity index (χ0n) is 17.3. The fourth-order valence-corrected chi connectivity index (χ4v) is 3.94. The standard InChI is InChI=1S/C22H45Cl2NO/c1-2-3-4-5-6-7-8-9-10-11-12-13-14-15-16-17-18-22(24,25)19-21(26)20-23/h21,26H,2-20,25H2,1H3. The summed E-state index contributed by atoms with van der Waals surface area (Å²) in [4.78, 5) is -0.801. The zero-order valence-corrected chi connectivity index (χ0v) is 18.8. The number of rotatable bonds is 20. The Hall–Kier alpha value is 0.500. The Bertz CT molecular complexity index is 287. The predicted molar refractivity (Wildman–Crippen MR) is 118 cm³/mol. The van der Waals surface area contributed by atoms with Crippen molar-refractivity contribution in [2.45, 2.75) is 134 Å². The Balaban J connectivity index is 3.22. The van der Waals surface area contributed by atoms with Crippen LogP contribution in [0, 0.1) is 0 Å². The van der Waals surface area contributed by atoms with Gasteiger partial charge in [-0.05, 0) is 6.42 Å². The van der Waals surface area contributed by atoms with Crippen LogP contribution in [-0.2, 0) is 0 Å². The van der Waals surface area contributed by atoms with E-state index in [1.165, 1.54) is 96.3 Å². The average Bonchev–Trinajstić information content (AvgIpc) is 2.60. The highest BCUT2D eigenvalue weighted by atomic mass is 35.5. The number of hydrogen-bond donors (Lipinski definition) is 2. The van der Waals surface area contributed by atoms with Crippen LogP contribution in [0.4, 0.5) is 0 Å². The molecule has 2 unspecified atom stereocenters. The van der Waals surface area contributed by atoms with Crippen LogP contribution in [0.25, 0.3) is 0 Å². The van der Waals surface area contributed by atoms with Gasteiger partial charge in [-0.15, -0.1) is 23.2 Å². The van der Waals surface area contributed by atoms with Gasteiger partial charge in [0.25, 0.3) is 0 Å². The smallest absolute Gasteiger partial charge is 0.0936 e. The molecule has 0 aliphatic carbocycles. The Labute approximate surface area is 173 Å². The summed E-state index contributed by atoms with van der Waals surface area (Å²) in [5, 5.41) is 9.53. The second-order valence-electron chi connectivity index (χ2n) is 8.10. The SMILES string of the molecule is CCCCCCCCCCCCCCCCCCC(N)(Cl)CC(O)CCl. The molecule has 0 rings (SSSR count). The lowest BCUT2D eigenvalue weighted by atomic mass is 10.0. The Morgan fingerprint density at radius 1 is 0.731 bits per heavy atom. The van der Waals surface area contributed by atoms with Crippen LogP contribution in [0.3, 0.4) is 0 Å². The molecule has 26 heavy (non-hydrogen) atoms. The minimum atomic E-state index is -0.801. The highest BCUT2D eigenvalue weighted by molar-refractivity contribution is 6.23. The molecule has 158 valence electrons. The fourth-order valence-electron chi connectivity index (χ4n) is 3.52. The quantitative estimate of drug-likeness (QED) is 0.124. The average molecular weight is 411 g/mol. The number of alkyl halides is 2. The van der Waals surface area contributed by atoms with E-state index in [1.54, 1.807) is 0 Å². The van der Waals surface area contributed by atoms with Gasteiger partial charge in [0.1, 0.15) is 0 Å². The summed E-state index contributed by atoms with van der Waals surface area (Å²) in [6.07, 6.45) is 22.3. The lowest BCUT2D eigenvalue weighted by Gasteiger charge is -2.24. The first-order valence-corrected chi connectivity index (χ1v) is 12.1. The van der Waals surface area contributed by atoms with Crippen LogP contribution in [0.2, 0.25) is 0 Å². The van der Waals surface area contributed by atoms with Crippen molar-refractivity contribution in [1.82, 2.24) is 0 Å². The van der Waals surface area contributed by atoms with Gasteiger partial charge in [0, 0.05) is 12.3 Å². The first-order chi connectivity index (χ1) is 12.5. The summed E-state index contributed by atoms with van der Waals surface area (Å²) in [5.74, 6) is 0.199. The summed E-state index contributed by atoms with van der Waals surface area (Å²) in [6.45, 7) is 2.28. The number of halogens is 2. The summed E-state index contributed by atoms with van der Waals surface area (Å²) in [7, 11) is 0. The summed E-state index contributed by atoms with van der Waals surface area (Å²) >= 11 is 11.8. The largest absolute Gasteiger partial charge is 0.392 e. The topological polar surface area (TPSA) is 46.2 Å². The third-order valence-electron chi connectivity index (χ3n) is 5.20. The maximum absolute atomic E-state index is 9.53. The highest BCUT2D eigenvalue weighted by Crippen LogP contribution is 2.23. The van der Waals surface area contributed by atoms with E-state index >= 15 is 0 Å².